The first kappa shape index (κ1) is 14.3. The lowest BCUT2D eigenvalue weighted by Gasteiger charge is -2.39. The van der Waals surface area contributed by atoms with Crippen molar-refractivity contribution in [2.24, 2.45) is 11.7 Å². The fraction of sp³-hybridized carbons (Fsp3) is 0.471. The van der Waals surface area contributed by atoms with Crippen molar-refractivity contribution in [2.45, 2.75) is 32.4 Å². The van der Waals surface area contributed by atoms with Gasteiger partial charge in [0.15, 0.2) is 0 Å². The molecule has 1 fully saturated rings. The van der Waals surface area contributed by atoms with E-state index in [0.717, 1.165) is 31.0 Å². The van der Waals surface area contributed by atoms with Crippen LogP contribution in [-0.2, 0) is 6.54 Å². The second kappa shape index (κ2) is 6.41. The Labute approximate surface area is 126 Å². The molecule has 4 heteroatoms. The summed E-state index contributed by atoms with van der Waals surface area (Å²) in [6, 6.07) is 12.8. The summed E-state index contributed by atoms with van der Waals surface area (Å²) >= 11 is 0. The Morgan fingerprint density at radius 3 is 2.81 bits per heavy atom. The van der Waals surface area contributed by atoms with Gasteiger partial charge in [-0.25, -0.2) is 4.68 Å². The van der Waals surface area contributed by atoms with Crippen LogP contribution in [0.1, 0.15) is 25.5 Å². The average Bonchev–Trinajstić information content (AvgIpc) is 2.97. The van der Waals surface area contributed by atoms with Crippen molar-refractivity contribution in [3.8, 4) is 5.69 Å². The Hall–Kier alpha value is -1.65. The lowest BCUT2D eigenvalue weighted by atomic mass is 9.91. The molecule has 21 heavy (non-hydrogen) atoms. The highest BCUT2D eigenvalue weighted by atomic mass is 15.3. The Morgan fingerprint density at radius 2 is 2.05 bits per heavy atom. The Morgan fingerprint density at radius 1 is 1.24 bits per heavy atom. The van der Waals surface area contributed by atoms with Crippen LogP contribution in [0.2, 0.25) is 0 Å². The predicted octanol–water partition coefficient (Wildman–Crippen LogP) is 2.43. The summed E-state index contributed by atoms with van der Waals surface area (Å²) < 4.78 is 1.94. The molecule has 1 aliphatic heterocycles. The summed E-state index contributed by atoms with van der Waals surface area (Å²) in [4.78, 5) is 2.49. The molecule has 1 aromatic carbocycles. The van der Waals surface area contributed by atoms with Crippen molar-refractivity contribution in [1.29, 1.82) is 0 Å². The van der Waals surface area contributed by atoms with Crippen molar-refractivity contribution >= 4 is 0 Å². The van der Waals surface area contributed by atoms with Crippen LogP contribution >= 0.6 is 0 Å². The van der Waals surface area contributed by atoms with Gasteiger partial charge in [0, 0.05) is 25.3 Å². The fourth-order valence-electron chi connectivity index (χ4n) is 3.29. The van der Waals surface area contributed by atoms with Crippen molar-refractivity contribution in [2.75, 3.05) is 13.1 Å². The van der Waals surface area contributed by atoms with Gasteiger partial charge in [-0.1, -0.05) is 25.1 Å². The minimum Gasteiger partial charge on any atom is -0.329 e. The molecule has 0 spiro atoms. The van der Waals surface area contributed by atoms with E-state index in [-0.39, 0.29) is 0 Å². The van der Waals surface area contributed by atoms with E-state index in [1.54, 1.807) is 0 Å². The molecule has 0 aliphatic carbocycles. The number of nitrogens with two attached hydrogens (primary N) is 1. The summed E-state index contributed by atoms with van der Waals surface area (Å²) in [5.41, 5.74) is 8.19. The minimum atomic E-state index is 0.487. The third-order valence-corrected chi connectivity index (χ3v) is 4.50. The highest BCUT2D eigenvalue weighted by molar-refractivity contribution is 5.30. The van der Waals surface area contributed by atoms with Gasteiger partial charge in [0.2, 0.25) is 0 Å². The second-order valence-corrected chi connectivity index (χ2v) is 5.98. The lowest BCUT2D eigenvalue weighted by molar-refractivity contribution is 0.0976. The molecule has 1 saturated heterocycles. The van der Waals surface area contributed by atoms with Crippen LogP contribution in [0.4, 0.5) is 0 Å². The van der Waals surface area contributed by atoms with Gasteiger partial charge in [-0.3, -0.25) is 4.90 Å². The van der Waals surface area contributed by atoms with Crippen molar-refractivity contribution in [3.05, 3.63) is 48.3 Å². The average molecular weight is 284 g/mol. The first-order valence-corrected chi connectivity index (χ1v) is 7.82. The molecule has 112 valence electrons. The quantitative estimate of drug-likeness (QED) is 0.938. The summed E-state index contributed by atoms with van der Waals surface area (Å²) in [5, 5.41) is 4.70. The molecule has 0 amide bonds. The largest absolute Gasteiger partial charge is 0.329 e. The molecule has 0 bridgehead atoms. The predicted molar refractivity (Wildman–Crippen MR) is 85.2 cm³/mol. The number of benzene rings is 1. The van der Waals surface area contributed by atoms with E-state index in [1.165, 1.54) is 12.8 Å². The zero-order chi connectivity index (χ0) is 14.7. The third-order valence-electron chi connectivity index (χ3n) is 4.50. The van der Waals surface area contributed by atoms with E-state index in [1.807, 2.05) is 29.1 Å². The standard InChI is InChI=1S/C17H24N4/c1-14-6-5-10-20(17(14)12-18)13-15-9-11-21(19-15)16-7-3-2-4-8-16/h2-4,7-9,11,14,17H,5-6,10,12-13,18H2,1H3. The topological polar surface area (TPSA) is 47.1 Å². The first-order chi connectivity index (χ1) is 10.3. The SMILES string of the molecule is CC1CCCN(Cc2ccn(-c3ccccc3)n2)C1CN. The molecule has 0 radical (unpaired) electrons. The van der Waals surface area contributed by atoms with Crippen LogP contribution in [0, 0.1) is 5.92 Å². The number of aromatic nitrogens is 2. The highest BCUT2D eigenvalue weighted by Crippen LogP contribution is 2.24. The van der Waals surface area contributed by atoms with Gasteiger partial charge in [-0.05, 0) is 43.5 Å². The summed E-state index contributed by atoms with van der Waals surface area (Å²) in [6.45, 7) is 5.07. The number of para-hydroxylation sites is 1. The van der Waals surface area contributed by atoms with Gasteiger partial charge in [0.05, 0.1) is 11.4 Å². The smallest absolute Gasteiger partial charge is 0.0769 e. The third kappa shape index (κ3) is 3.17. The van der Waals surface area contributed by atoms with Gasteiger partial charge in [-0.15, -0.1) is 0 Å². The number of hydrogen-bond acceptors (Lipinski definition) is 3. The van der Waals surface area contributed by atoms with E-state index in [9.17, 15) is 0 Å². The Kier molecular flexibility index (Phi) is 4.36. The lowest BCUT2D eigenvalue weighted by Crippen LogP contribution is -2.48. The second-order valence-electron chi connectivity index (χ2n) is 5.98. The normalized spacial score (nSPS) is 23.3. The van der Waals surface area contributed by atoms with Gasteiger partial charge in [0.25, 0.3) is 0 Å². The molecule has 2 unspecified atom stereocenters. The maximum absolute atomic E-state index is 5.97. The molecule has 1 aromatic heterocycles. The van der Waals surface area contributed by atoms with E-state index in [2.05, 4.69) is 30.0 Å². The molecule has 2 heterocycles. The molecule has 1 aliphatic rings. The van der Waals surface area contributed by atoms with Gasteiger partial charge in [0.1, 0.15) is 0 Å². The zero-order valence-electron chi connectivity index (χ0n) is 12.7. The fourth-order valence-corrected chi connectivity index (χ4v) is 3.29. The summed E-state index contributed by atoms with van der Waals surface area (Å²) in [5.74, 6) is 0.681. The number of rotatable bonds is 4. The van der Waals surface area contributed by atoms with Crippen LogP contribution in [0.5, 0.6) is 0 Å². The maximum Gasteiger partial charge on any atom is 0.0769 e. The van der Waals surface area contributed by atoms with Crippen LogP contribution in [0.3, 0.4) is 0 Å². The molecule has 4 nitrogen and oxygen atoms in total. The molecular weight excluding hydrogens is 260 g/mol. The van der Waals surface area contributed by atoms with Crippen molar-refractivity contribution < 1.29 is 0 Å². The summed E-state index contributed by atoms with van der Waals surface area (Å²) in [6.07, 6.45) is 4.59. The monoisotopic (exact) mass is 284 g/mol. The molecule has 2 N–H and O–H groups in total. The number of likely N-dealkylation sites (tertiary alicyclic amines) is 1. The van der Waals surface area contributed by atoms with Crippen LogP contribution in [0.15, 0.2) is 42.6 Å². The van der Waals surface area contributed by atoms with Gasteiger partial charge >= 0.3 is 0 Å². The van der Waals surface area contributed by atoms with Crippen LogP contribution < -0.4 is 5.73 Å². The number of hydrogen-bond donors (Lipinski definition) is 1. The molecule has 3 rings (SSSR count). The van der Waals surface area contributed by atoms with Crippen LogP contribution in [-0.4, -0.2) is 33.8 Å². The Balaban J connectivity index is 1.72. The molecule has 2 aromatic rings. The van der Waals surface area contributed by atoms with Gasteiger partial charge in [-0.2, -0.15) is 5.10 Å². The van der Waals surface area contributed by atoms with Crippen molar-refractivity contribution in [1.82, 2.24) is 14.7 Å². The maximum atomic E-state index is 5.97. The zero-order valence-corrected chi connectivity index (χ0v) is 12.7. The van der Waals surface area contributed by atoms with Crippen molar-refractivity contribution in [3.63, 3.8) is 0 Å². The number of piperidine rings is 1. The highest BCUT2D eigenvalue weighted by Gasteiger charge is 2.27. The molecule has 0 saturated carbocycles. The van der Waals surface area contributed by atoms with Crippen LogP contribution in [0.25, 0.3) is 5.69 Å². The number of nitrogens with zero attached hydrogens (tertiary/aromatic N) is 3. The van der Waals surface area contributed by atoms with E-state index in [0.29, 0.717) is 12.0 Å². The summed E-state index contributed by atoms with van der Waals surface area (Å²) in [7, 11) is 0. The van der Waals surface area contributed by atoms with E-state index in [4.69, 9.17) is 10.8 Å². The van der Waals surface area contributed by atoms with E-state index < -0.39 is 0 Å². The molecule has 2 atom stereocenters. The first-order valence-electron chi connectivity index (χ1n) is 7.82. The Bertz CT molecular complexity index is 563. The van der Waals surface area contributed by atoms with E-state index >= 15 is 0 Å². The minimum absolute atomic E-state index is 0.487. The molecular formula is C17H24N4. The van der Waals surface area contributed by atoms with Gasteiger partial charge < -0.3 is 5.73 Å².